The lowest BCUT2D eigenvalue weighted by Crippen LogP contribution is -2.44. The lowest BCUT2D eigenvalue weighted by molar-refractivity contribution is -0.141. The molecule has 2 aromatic rings. The summed E-state index contributed by atoms with van der Waals surface area (Å²) in [6.07, 6.45) is -1.76. The van der Waals surface area contributed by atoms with Crippen LogP contribution in [0.4, 0.5) is 13.2 Å². The summed E-state index contributed by atoms with van der Waals surface area (Å²) < 4.78 is 39.9. The Balaban J connectivity index is 1.63. The summed E-state index contributed by atoms with van der Waals surface area (Å²) in [6.45, 7) is -0.0635. The molecule has 1 aromatic carbocycles. The maximum atomic E-state index is 13.1. The third-order valence-electron chi connectivity index (χ3n) is 6.19. The van der Waals surface area contributed by atoms with Crippen LogP contribution >= 0.6 is 0 Å². The van der Waals surface area contributed by atoms with Crippen molar-refractivity contribution in [1.82, 2.24) is 14.7 Å². The summed E-state index contributed by atoms with van der Waals surface area (Å²) in [5.74, 6) is -0.443. The van der Waals surface area contributed by atoms with Crippen LogP contribution in [0.1, 0.15) is 41.0 Å². The summed E-state index contributed by atoms with van der Waals surface area (Å²) >= 11 is 0. The Labute approximate surface area is 160 Å². The second-order valence-electron chi connectivity index (χ2n) is 7.88. The number of aromatic nitrogens is 2. The fourth-order valence-corrected chi connectivity index (χ4v) is 4.95. The predicted molar refractivity (Wildman–Crippen MR) is 95.5 cm³/mol. The molecule has 5 nitrogen and oxygen atoms in total. The van der Waals surface area contributed by atoms with E-state index in [1.807, 2.05) is 30.3 Å². The minimum absolute atomic E-state index is 0.0635. The Hall–Kier alpha value is -2.35. The number of amides is 1. The van der Waals surface area contributed by atoms with E-state index in [2.05, 4.69) is 5.10 Å². The summed E-state index contributed by atoms with van der Waals surface area (Å²) in [5, 5.41) is 13.7. The summed E-state index contributed by atoms with van der Waals surface area (Å²) in [5.41, 5.74) is -0.526. The van der Waals surface area contributed by atoms with Crippen molar-refractivity contribution in [3.8, 4) is 0 Å². The number of aliphatic hydroxyl groups is 1. The minimum Gasteiger partial charge on any atom is -0.396 e. The Bertz CT molecular complexity index is 881. The maximum absolute atomic E-state index is 13.1. The summed E-state index contributed by atoms with van der Waals surface area (Å²) in [6, 6.07) is 10.3. The van der Waals surface area contributed by atoms with Gasteiger partial charge >= 0.3 is 6.18 Å². The Morgan fingerprint density at radius 2 is 2.00 bits per heavy atom. The molecule has 2 fully saturated rings. The number of nitrogens with zero attached hydrogens (tertiary/aromatic N) is 3. The predicted octanol–water partition coefficient (Wildman–Crippen LogP) is 3.04. The van der Waals surface area contributed by atoms with Crippen molar-refractivity contribution in [1.29, 1.82) is 0 Å². The zero-order valence-corrected chi connectivity index (χ0v) is 15.5. The van der Waals surface area contributed by atoms with Gasteiger partial charge in [0.2, 0.25) is 0 Å². The van der Waals surface area contributed by atoms with Gasteiger partial charge in [-0.2, -0.15) is 18.3 Å². The van der Waals surface area contributed by atoms with E-state index in [1.54, 1.807) is 4.90 Å². The molecular weight excluding hydrogens is 371 g/mol. The number of hydrogen-bond acceptors (Lipinski definition) is 3. The standard InChI is InChI=1S/C20H22F3N3O2/c1-25-15(9-16(24-25)20(21,22)23)18(28)26-14-7-8-17(26)19(11-14,12-27)10-13-5-3-2-4-6-13/h2-6,9,14,17,27H,7-8,10-12H2,1H3/t14-,17+,19-/m0/s1. The number of aryl methyl sites for hydroxylation is 1. The first kappa shape index (κ1) is 19.0. The number of carbonyl (C=O) groups excluding carboxylic acids is 1. The molecule has 2 aliphatic heterocycles. The van der Waals surface area contributed by atoms with E-state index < -0.39 is 23.2 Å². The Kier molecular flexibility index (Phi) is 4.49. The number of carbonyl (C=O) groups is 1. The van der Waals surface area contributed by atoms with Crippen molar-refractivity contribution in [3.63, 3.8) is 0 Å². The lowest BCUT2D eigenvalue weighted by Gasteiger charge is -2.36. The first-order valence-corrected chi connectivity index (χ1v) is 9.34. The summed E-state index contributed by atoms with van der Waals surface area (Å²) in [7, 11) is 1.35. The van der Waals surface area contributed by atoms with Gasteiger partial charge in [-0.3, -0.25) is 9.48 Å². The number of benzene rings is 1. The molecule has 2 aliphatic rings. The van der Waals surface area contributed by atoms with Gasteiger partial charge in [-0.05, 0) is 31.2 Å². The molecule has 150 valence electrons. The van der Waals surface area contributed by atoms with E-state index in [0.717, 1.165) is 29.2 Å². The average molecular weight is 393 g/mol. The third kappa shape index (κ3) is 2.99. The van der Waals surface area contributed by atoms with Crippen LogP contribution in [0.5, 0.6) is 0 Å². The first-order chi connectivity index (χ1) is 13.2. The number of fused-ring (bicyclic) bond motifs is 2. The number of alkyl halides is 3. The van der Waals surface area contributed by atoms with Crippen LogP contribution in [0.3, 0.4) is 0 Å². The normalized spacial score (nSPS) is 26.8. The molecule has 0 unspecified atom stereocenters. The monoisotopic (exact) mass is 393 g/mol. The molecule has 4 rings (SSSR count). The fourth-order valence-electron chi connectivity index (χ4n) is 4.95. The van der Waals surface area contributed by atoms with Crippen molar-refractivity contribution in [3.05, 3.63) is 53.3 Å². The van der Waals surface area contributed by atoms with Crippen LogP contribution in [0.25, 0.3) is 0 Å². The number of aliphatic hydroxyl groups excluding tert-OH is 1. The van der Waals surface area contributed by atoms with Crippen LogP contribution in [0.2, 0.25) is 0 Å². The zero-order chi connectivity index (χ0) is 20.1. The molecule has 2 bridgehead atoms. The SMILES string of the molecule is Cn1nc(C(F)(F)F)cc1C(=O)N1[C@H]2CC[C@@H]1[C@@](CO)(Cc1ccccc1)C2. The minimum atomic E-state index is -4.59. The highest BCUT2D eigenvalue weighted by molar-refractivity contribution is 5.93. The van der Waals surface area contributed by atoms with E-state index in [4.69, 9.17) is 0 Å². The smallest absolute Gasteiger partial charge is 0.396 e. The molecule has 2 saturated heterocycles. The molecule has 0 radical (unpaired) electrons. The van der Waals surface area contributed by atoms with Gasteiger partial charge in [0.05, 0.1) is 6.61 Å². The van der Waals surface area contributed by atoms with Crippen molar-refractivity contribution in [2.24, 2.45) is 12.5 Å². The van der Waals surface area contributed by atoms with Gasteiger partial charge in [-0.1, -0.05) is 30.3 Å². The molecule has 1 N–H and O–H groups in total. The van der Waals surface area contributed by atoms with Crippen LogP contribution in [0.15, 0.2) is 36.4 Å². The van der Waals surface area contributed by atoms with Gasteiger partial charge in [0.15, 0.2) is 5.69 Å². The number of rotatable bonds is 4. The highest BCUT2D eigenvalue weighted by Crippen LogP contribution is 2.51. The van der Waals surface area contributed by atoms with Crippen molar-refractivity contribution in [2.75, 3.05) is 6.61 Å². The zero-order valence-electron chi connectivity index (χ0n) is 15.5. The second kappa shape index (κ2) is 6.62. The summed E-state index contributed by atoms with van der Waals surface area (Å²) in [4.78, 5) is 14.8. The second-order valence-corrected chi connectivity index (χ2v) is 7.88. The van der Waals surface area contributed by atoms with Crippen molar-refractivity contribution < 1.29 is 23.1 Å². The van der Waals surface area contributed by atoms with Crippen LogP contribution < -0.4 is 0 Å². The quantitative estimate of drug-likeness (QED) is 0.869. The Morgan fingerprint density at radius 3 is 2.61 bits per heavy atom. The molecule has 3 atom stereocenters. The Morgan fingerprint density at radius 1 is 1.29 bits per heavy atom. The largest absolute Gasteiger partial charge is 0.435 e. The van der Waals surface area contributed by atoms with Gasteiger partial charge in [0, 0.05) is 30.6 Å². The highest BCUT2D eigenvalue weighted by Gasteiger charge is 2.57. The average Bonchev–Trinajstić information content (AvgIpc) is 3.33. The van der Waals surface area contributed by atoms with E-state index in [1.165, 1.54) is 7.05 Å². The molecule has 1 amide bonds. The van der Waals surface area contributed by atoms with Crippen molar-refractivity contribution in [2.45, 2.75) is 43.9 Å². The van der Waals surface area contributed by atoms with Crippen LogP contribution in [-0.4, -0.2) is 44.4 Å². The first-order valence-electron chi connectivity index (χ1n) is 9.34. The molecular formula is C20H22F3N3O2. The molecule has 28 heavy (non-hydrogen) atoms. The van der Waals surface area contributed by atoms with Gasteiger partial charge in [0.25, 0.3) is 5.91 Å². The van der Waals surface area contributed by atoms with Gasteiger partial charge in [0.1, 0.15) is 5.69 Å². The number of hydrogen-bond donors (Lipinski definition) is 1. The van der Waals surface area contributed by atoms with Crippen LogP contribution in [-0.2, 0) is 19.6 Å². The van der Waals surface area contributed by atoms with E-state index >= 15 is 0 Å². The van der Waals surface area contributed by atoms with Crippen LogP contribution in [0, 0.1) is 5.41 Å². The van der Waals surface area contributed by atoms with E-state index in [-0.39, 0.29) is 24.4 Å². The van der Waals surface area contributed by atoms with Gasteiger partial charge in [-0.15, -0.1) is 0 Å². The maximum Gasteiger partial charge on any atom is 0.435 e. The van der Waals surface area contributed by atoms with E-state index in [9.17, 15) is 23.1 Å². The fraction of sp³-hybridized carbons (Fsp3) is 0.500. The molecule has 8 heteroatoms. The molecule has 1 aromatic heterocycles. The molecule has 3 heterocycles. The molecule has 0 aliphatic carbocycles. The van der Waals surface area contributed by atoms with Gasteiger partial charge in [-0.25, -0.2) is 0 Å². The molecule has 0 spiro atoms. The number of halogens is 3. The van der Waals surface area contributed by atoms with Crippen molar-refractivity contribution >= 4 is 5.91 Å². The topological polar surface area (TPSA) is 58.4 Å². The lowest BCUT2D eigenvalue weighted by atomic mass is 9.70. The molecule has 0 saturated carbocycles. The van der Waals surface area contributed by atoms with Gasteiger partial charge < -0.3 is 10.0 Å². The highest BCUT2D eigenvalue weighted by atomic mass is 19.4. The third-order valence-corrected chi connectivity index (χ3v) is 6.19. The van der Waals surface area contributed by atoms with E-state index in [0.29, 0.717) is 12.8 Å².